The van der Waals surface area contributed by atoms with E-state index in [9.17, 15) is 4.79 Å². The second-order valence-electron chi connectivity index (χ2n) is 5.20. The summed E-state index contributed by atoms with van der Waals surface area (Å²) in [6.07, 6.45) is 1.85. The van der Waals surface area contributed by atoms with Crippen molar-refractivity contribution in [1.29, 1.82) is 0 Å². The summed E-state index contributed by atoms with van der Waals surface area (Å²) in [5.74, 6) is -0.0828. The minimum atomic E-state index is -0.0828. The van der Waals surface area contributed by atoms with E-state index in [4.69, 9.17) is 11.6 Å². The highest BCUT2D eigenvalue weighted by Gasteiger charge is 2.02. The van der Waals surface area contributed by atoms with Gasteiger partial charge < -0.3 is 5.32 Å². The molecule has 25 heavy (non-hydrogen) atoms. The lowest BCUT2D eigenvalue weighted by Gasteiger charge is -2.01. The summed E-state index contributed by atoms with van der Waals surface area (Å²) in [5, 5.41) is 3.48. The second kappa shape index (κ2) is 8.34. The van der Waals surface area contributed by atoms with E-state index >= 15 is 0 Å². The number of benzene rings is 2. The van der Waals surface area contributed by atoms with Crippen LogP contribution in [-0.2, 0) is 4.79 Å². The Morgan fingerprint density at radius 2 is 1.80 bits per heavy atom. The van der Waals surface area contributed by atoms with Crippen LogP contribution in [0.1, 0.15) is 11.8 Å². The number of thiophene rings is 1. The molecule has 0 aliphatic carbocycles. The third kappa shape index (κ3) is 5.46. The molecule has 0 spiro atoms. The highest BCUT2D eigenvalue weighted by molar-refractivity contribution is 8.01. The van der Waals surface area contributed by atoms with Crippen LogP contribution in [0.3, 0.4) is 0 Å². The topological polar surface area (TPSA) is 41.5 Å². The van der Waals surface area contributed by atoms with E-state index in [0.29, 0.717) is 0 Å². The number of nitrogens with one attached hydrogen (secondary N) is 1. The van der Waals surface area contributed by atoms with Gasteiger partial charge >= 0.3 is 0 Å². The molecule has 3 rings (SSSR count). The minimum absolute atomic E-state index is 0.0828. The van der Waals surface area contributed by atoms with Crippen molar-refractivity contribution >= 4 is 58.2 Å². The maximum atomic E-state index is 11.0. The van der Waals surface area contributed by atoms with E-state index in [1.165, 1.54) is 11.1 Å². The molecule has 0 aliphatic rings. The first kappa shape index (κ1) is 17.7. The predicted octanol–water partition coefficient (Wildman–Crippen LogP) is 6.26. The van der Waals surface area contributed by atoms with Crippen molar-refractivity contribution in [2.45, 2.75) is 16.0 Å². The van der Waals surface area contributed by atoms with Crippen molar-refractivity contribution in [2.75, 3.05) is 5.32 Å². The van der Waals surface area contributed by atoms with Gasteiger partial charge in [-0.1, -0.05) is 23.4 Å². The standard InChI is InChI=1S/C19H15ClN2OS2/c1-13(23)22-16-6-4-15(5-7-16)21-12-18-10-11-19(25-18)24-17-8-2-14(20)3-9-17/h2-12H,1H3,(H,22,23). The predicted molar refractivity (Wildman–Crippen MR) is 108 cm³/mol. The Kier molecular flexibility index (Phi) is 5.91. The Morgan fingerprint density at radius 1 is 1.08 bits per heavy atom. The lowest BCUT2D eigenvalue weighted by molar-refractivity contribution is -0.114. The van der Waals surface area contributed by atoms with E-state index in [-0.39, 0.29) is 5.91 Å². The first-order chi connectivity index (χ1) is 12.1. The zero-order valence-corrected chi connectivity index (χ0v) is 15.8. The van der Waals surface area contributed by atoms with E-state index in [0.717, 1.165) is 26.2 Å². The normalized spacial score (nSPS) is 11.0. The second-order valence-corrected chi connectivity index (χ2v) is 8.12. The number of anilines is 1. The number of hydrogen-bond donors (Lipinski definition) is 1. The van der Waals surface area contributed by atoms with Crippen molar-refractivity contribution in [1.82, 2.24) is 0 Å². The first-order valence-corrected chi connectivity index (χ1v) is 9.54. The van der Waals surface area contributed by atoms with Crippen LogP contribution >= 0.6 is 34.7 Å². The molecule has 0 saturated carbocycles. The molecule has 3 aromatic rings. The van der Waals surface area contributed by atoms with Crippen molar-refractivity contribution < 1.29 is 4.79 Å². The first-order valence-electron chi connectivity index (χ1n) is 7.53. The molecule has 6 heteroatoms. The van der Waals surface area contributed by atoms with Gasteiger partial charge in [-0.05, 0) is 60.7 Å². The summed E-state index contributed by atoms with van der Waals surface area (Å²) in [5.41, 5.74) is 1.61. The molecular formula is C19H15ClN2OS2. The molecule has 1 amide bonds. The molecule has 0 unspecified atom stereocenters. The summed E-state index contributed by atoms with van der Waals surface area (Å²) in [6, 6.07) is 19.4. The quantitative estimate of drug-likeness (QED) is 0.525. The zero-order valence-electron chi connectivity index (χ0n) is 13.4. The largest absolute Gasteiger partial charge is 0.326 e. The Morgan fingerprint density at radius 3 is 2.48 bits per heavy atom. The van der Waals surface area contributed by atoms with Crippen LogP contribution in [0, 0.1) is 0 Å². The molecule has 2 aromatic carbocycles. The zero-order chi connectivity index (χ0) is 17.6. The fraction of sp³-hybridized carbons (Fsp3) is 0.0526. The lowest BCUT2D eigenvalue weighted by Crippen LogP contribution is -2.04. The maximum Gasteiger partial charge on any atom is 0.221 e. The van der Waals surface area contributed by atoms with Crippen LogP contribution in [0.5, 0.6) is 0 Å². The summed E-state index contributed by atoms with van der Waals surface area (Å²) in [6.45, 7) is 1.49. The van der Waals surface area contributed by atoms with Crippen LogP contribution < -0.4 is 5.32 Å². The Labute approximate surface area is 159 Å². The summed E-state index contributed by atoms with van der Waals surface area (Å²) >= 11 is 9.30. The van der Waals surface area contributed by atoms with Crippen molar-refractivity contribution in [3.8, 4) is 0 Å². The molecule has 0 aliphatic heterocycles. The molecule has 1 heterocycles. The molecule has 3 nitrogen and oxygen atoms in total. The van der Waals surface area contributed by atoms with E-state index in [1.807, 2.05) is 54.7 Å². The van der Waals surface area contributed by atoms with Gasteiger partial charge in [0.25, 0.3) is 0 Å². The van der Waals surface area contributed by atoms with E-state index < -0.39 is 0 Å². The van der Waals surface area contributed by atoms with E-state index in [2.05, 4.69) is 22.4 Å². The summed E-state index contributed by atoms with van der Waals surface area (Å²) in [4.78, 5) is 17.7. The Balaban J connectivity index is 1.63. The molecule has 1 aromatic heterocycles. The highest BCUT2D eigenvalue weighted by Crippen LogP contribution is 2.33. The number of rotatable bonds is 5. The van der Waals surface area contributed by atoms with Gasteiger partial charge in [0.15, 0.2) is 0 Å². The average Bonchev–Trinajstić information content (AvgIpc) is 3.03. The number of amides is 1. The molecule has 0 radical (unpaired) electrons. The number of halogens is 1. The van der Waals surface area contributed by atoms with Crippen LogP contribution in [-0.4, -0.2) is 12.1 Å². The third-order valence-electron chi connectivity index (χ3n) is 3.16. The molecule has 1 N–H and O–H groups in total. The Bertz CT molecular complexity index is 887. The number of nitrogens with zero attached hydrogens (tertiary/aromatic N) is 1. The number of hydrogen-bond acceptors (Lipinski definition) is 4. The van der Waals surface area contributed by atoms with Gasteiger partial charge in [-0.15, -0.1) is 11.3 Å². The Hall–Kier alpha value is -2.08. The third-order valence-corrected chi connectivity index (χ3v) is 5.57. The molecule has 0 fully saturated rings. The van der Waals surface area contributed by atoms with Gasteiger partial charge in [0.2, 0.25) is 5.91 Å². The molecule has 0 saturated heterocycles. The molecular weight excluding hydrogens is 372 g/mol. The van der Waals surface area contributed by atoms with Crippen molar-refractivity contribution in [3.63, 3.8) is 0 Å². The monoisotopic (exact) mass is 386 g/mol. The smallest absolute Gasteiger partial charge is 0.221 e. The van der Waals surface area contributed by atoms with Crippen molar-refractivity contribution in [3.05, 3.63) is 70.6 Å². The van der Waals surface area contributed by atoms with Gasteiger partial charge in [0.05, 0.1) is 9.90 Å². The summed E-state index contributed by atoms with van der Waals surface area (Å²) in [7, 11) is 0. The van der Waals surface area contributed by atoms with Crippen LogP contribution in [0.2, 0.25) is 5.02 Å². The van der Waals surface area contributed by atoms with Crippen molar-refractivity contribution in [2.24, 2.45) is 4.99 Å². The van der Waals surface area contributed by atoms with Gasteiger partial charge in [-0.25, -0.2) is 0 Å². The lowest BCUT2D eigenvalue weighted by atomic mass is 10.3. The number of carbonyl (C=O) groups excluding carboxylic acids is 1. The summed E-state index contributed by atoms with van der Waals surface area (Å²) < 4.78 is 1.20. The highest BCUT2D eigenvalue weighted by atomic mass is 35.5. The molecule has 126 valence electrons. The van der Waals surface area contributed by atoms with Crippen LogP contribution in [0.25, 0.3) is 0 Å². The molecule has 0 bridgehead atoms. The fourth-order valence-electron chi connectivity index (χ4n) is 2.05. The van der Waals surface area contributed by atoms with Gasteiger partial charge in [0.1, 0.15) is 0 Å². The number of aliphatic imine (C=N–C) groups is 1. The maximum absolute atomic E-state index is 11.0. The van der Waals surface area contributed by atoms with Gasteiger partial charge in [0, 0.05) is 33.6 Å². The van der Waals surface area contributed by atoms with Gasteiger partial charge in [-0.3, -0.25) is 9.79 Å². The minimum Gasteiger partial charge on any atom is -0.326 e. The van der Waals surface area contributed by atoms with Gasteiger partial charge in [-0.2, -0.15) is 0 Å². The average molecular weight is 387 g/mol. The number of carbonyl (C=O) groups is 1. The fourth-order valence-corrected chi connectivity index (χ4v) is 4.17. The molecule has 0 atom stereocenters. The van der Waals surface area contributed by atoms with Crippen LogP contribution in [0.4, 0.5) is 11.4 Å². The van der Waals surface area contributed by atoms with Crippen LogP contribution in [0.15, 0.2) is 74.8 Å². The van der Waals surface area contributed by atoms with E-state index in [1.54, 1.807) is 23.1 Å². The SMILES string of the molecule is CC(=O)Nc1ccc(N=Cc2ccc(Sc3ccc(Cl)cc3)s2)cc1.